The lowest BCUT2D eigenvalue weighted by Crippen LogP contribution is -2.06. The number of aryl methyl sites for hydroxylation is 1. The van der Waals surface area contributed by atoms with Crippen LogP contribution in [-0.4, -0.2) is 31.9 Å². The Bertz CT molecular complexity index is 1240. The topological polar surface area (TPSA) is 74.4 Å². The van der Waals surface area contributed by atoms with Crippen LogP contribution in [0.1, 0.15) is 11.1 Å². The van der Waals surface area contributed by atoms with Crippen molar-refractivity contribution in [1.82, 2.24) is 24.8 Å². The second kappa shape index (κ2) is 7.45. The van der Waals surface area contributed by atoms with Crippen LogP contribution in [-0.2, 0) is 6.18 Å². The molecule has 3 aromatic heterocycles. The van der Waals surface area contributed by atoms with E-state index in [-0.39, 0.29) is 22.8 Å². The minimum Gasteiger partial charge on any atom is -0.481 e. The first kappa shape index (κ1) is 19.9. The van der Waals surface area contributed by atoms with E-state index in [1.807, 2.05) is 0 Å². The van der Waals surface area contributed by atoms with Gasteiger partial charge in [-0.1, -0.05) is 0 Å². The number of halogens is 4. The van der Waals surface area contributed by atoms with Gasteiger partial charge in [-0.05, 0) is 54.9 Å². The zero-order valence-electron chi connectivity index (χ0n) is 15.6. The highest BCUT2D eigenvalue weighted by atomic mass is 35.5. The third kappa shape index (κ3) is 3.61. The van der Waals surface area contributed by atoms with Crippen molar-refractivity contribution in [3.63, 3.8) is 0 Å². The number of aromatic nitrogens is 5. The molecule has 0 aliphatic heterocycles. The molecule has 0 amide bonds. The van der Waals surface area contributed by atoms with Crippen molar-refractivity contribution in [2.75, 3.05) is 7.11 Å². The van der Waals surface area contributed by atoms with Crippen LogP contribution in [0.15, 0.2) is 42.6 Å². The molecule has 0 fully saturated rings. The number of hydrogen-bond donors (Lipinski definition) is 0. The highest BCUT2D eigenvalue weighted by Crippen LogP contribution is 2.41. The molecule has 7 nitrogen and oxygen atoms in total. The van der Waals surface area contributed by atoms with E-state index in [0.29, 0.717) is 22.3 Å². The first-order valence-electron chi connectivity index (χ1n) is 8.55. The van der Waals surface area contributed by atoms with E-state index in [9.17, 15) is 13.2 Å². The van der Waals surface area contributed by atoms with Crippen LogP contribution >= 0.6 is 11.6 Å². The van der Waals surface area contributed by atoms with Gasteiger partial charge in [-0.3, -0.25) is 0 Å². The van der Waals surface area contributed by atoms with Gasteiger partial charge in [0, 0.05) is 22.9 Å². The minimum atomic E-state index is -4.56. The molecule has 4 rings (SSSR count). The molecule has 1 aromatic carbocycles. The third-order valence-electron chi connectivity index (χ3n) is 4.27. The molecule has 0 atom stereocenters. The van der Waals surface area contributed by atoms with Crippen LogP contribution in [0.3, 0.4) is 0 Å². The number of alkyl halides is 3. The summed E-state index contributed by atoms with van der Waals surface area (Å²) in [6.45, 7) is 1.68. The quantitative estimate of drug-likeness (QED) is 0.450. The summed E-state index contributed by atoms with van der Waals surface area (Å²) >= 11 is 5.95. The van der Waals surface area contributed by atoms with E-state index < -0.39 is 11.7 Å². The fourth-order valence-electron chi connectivity index (χ4n) is 2.85. The predicted molar refractivity (Wildman–Crippen MR) is 102 cm³/mol. The van der Waals surface area contributed by atoms with Crippen LogP contribution in [0.5, 0.6) is 17.5 Å². The molecule has 3 heterocycles. The van der Waals surface area contributed by atoms with Gasteiger partial charge in [0.05, 0.1) is 12.7 Å². The number of methoxy groups -OCH3 is 1. The van der Waals surface area contributed by atoms with Gasteiger partial charge in [0.15, 0.2) is 5.65 Å². The summed E-state index contributed by atoms with van der Waals surface area (Å²) in [6, 6.07) is 8.10. The van der Waals surface area contributed by atoms with Crippen molar-refractivity contribution < 1.29 is 22.6 Å². The lowest BCUT2D eigenvalue weighted by Gasteiger charge is -2.16. The molecule has 0 spiro atoms. The maximum atomic E-state index is 13.3. The number of pyridine rings is 1. The van der Waals surface area contributed by atoms with Gasteiger partial charge < -0.3 is 9.47 Å². The van der Waals surface area contributed by atoms with E-state index in [1.165, 1.54) is 23.9 Å². The first-order chi connectivity index (χ1) is 14.3. The van der Waals surface area contributed by atoms with Crippen molar-refractivity contribution in [2.24, 2.45) is 0 Å². The largest absolute Gasteiger partial charge is 0.481 e. The van der Waals surface area contributed by atoms with Gasteiger partial charge >= 0.3 is 6.18 Å². The molecule has 0 N–H and O–H groups in total. The fraction of sp³-hybridized carbons (Fsp3) is 0.158. The van der Waals surface area contributed by atoms with Crippen molar-refractivity contribution >= 4 is 17.2 Å². The maximum absolute atomic E-state index is 13.3. The molecule has 30 heavy (non-hydrogen) atoms. The Kier molecular flexibility index (Phi) is 4.94. The average molecular weight is 436 g/mol. The summed E-state index contributed by atoms with van der Waals surface area (Å²) in [7, 11) is 1.42. The molecule has 0 aliphatic rings. The summed E-state index contributed by atoms with van der Waals surface area (Å²) in [5.41, 5.74) is 0.857. The van der Waals surface area contributed by atoms with E-state index in [0.717, 1.165) is 12.1 Å². The lowest BCUT2D eigenvalue weighted by molar-refractivity contribution is -0.137. The Hall–Kier alpha value is -3.40. The monoisotopic (exact) mass is 435 g/mol. The molecule has 0 unspecified atom stereocenters. The Morgan fingerprint density at radius 2 is 1.83 bits per heavy atom. The Morgan fingerprint density at radius 3 is 2.57 bits per heavy atom. The number of nitrogens with zero attached hydrogens (tertiary/aromatic N) is 5. The van der Waals surface area contributed by atoms with Gasteiger partial charge in [-0.2, -0.15) is 17.7 Å². The van der Waals surface area contributed by atoms with Crippen LogP contribution in [0.4, 0.5) is 13.2 Å². The average Bonchev–Trinajstić information content (AvgIpc) is 3.07. The van der Waals surface area contributed by atoms with Crippen molar-refractivity contribution in [1.29, 1.82) is 0 Å². The van der Waals surface area contributed by atoms with Crippen molar-refractivity contribution in [3.8, 4) is 28.6 Å². The van der Waals surface area contributed by atoms with E-state index in [4.69, 9.17) is 21.1 Å². The van der Waals surface area contributed by atoms with E-state index in [2.05, 4.69) is 20.3 Å². The van der Waals surface area contributed by atoms with Crippen LogP contribution < -0.4 is 9.47 Å². The zero-order valence-corrected chi connectivity index (χ0v) is 16.4. The van der Waals surface area contributed by atoms with Crippen molar-refractivity contribution in [2.45, 2.75) is 13.1 Å². The molecule has 0 radical (unpaired) electrons. The van der Waals surface area contributed by atoms with E-state index in [1.54, 1.807) is 25.1 Å². The standard InChI is InChI=1S/C19H13ClF3N5O2/c1-10-8-15-25-26-18(20)28(15)27-16(10)30-14-9-11(19(21,22)23)5-6-12(14)13-4-3-7-24-17(13)29-2/h3-9H,1-2H3. The molecule has 0 aliphatic carbocycles. The van der Waals surface area contributed by atoms with Gasteiger partial charge in [-0.15, -0.1) is 15.3 Å². The Labute approximate surface area is 173 Å². The normalized spacial score (nSPS) is 11.7. The molecule has 4 aromatic rings. The Balaban J connectivity index is 1.89. The van der Waals surface area contributed by atoms with Gasteiger partial charge in [-0.25, -0.2) is 4.98 Å². The second-order valence-corrected chi connectivity index (χ2v) is 6.58. The van der Waals surface area contributed by atoms with Crippen LogP contribution in [0.2, 0.25) is 5.28 Å². The lowest BCUT2D eigenvalue weighted by atomic mass is 10.0. The number of ether oxygens (including phenoxy) is 2. The minimum absolute atomic E-state index is 0.00644. The molecule has 0 bridgehead atoms. The molecular formula is C19H13ClF3N5O2. The number of hydrogen-bond acceptors (Lipinski definition) is 6. The molecule has 11 heteroatoms. The molecule has 154 valence electrons. The number of fused-ring (bicyclic) bond motifs is 1. The summed E-state index contributed by atoms with van der Waals surface area (Å²) in [6.07, 6.45) is -3.04. The second-order valence-electron chi connectivity index (χ2n) is 6.24. The fourth-order valence-corrected chi connectivity index (χ4v) is 3.01. The highest BCUT2D eigenvalue weighted by molar-refractivity contribution is 6.28. The maximum Gasteiger partial charge on any atom is 0.416 e. The number of rotatable bonds is 4. The van der Waals surface area contributed by atoms with Gasteiger partial charge in [0.2, 0.25) is 17.0 Å². The summed E-state index contributed by atoms with van der Waals surface area (Å²) in [4.78, 5) is 4.10. The summed E-state index contributed by atoms with van der Waals surface area (Å²) in [5, 5.41) is 11.8. The molecule has 0 saturated carbocycles. The van der Waals surface area contributed by atoms with Crippen molar-refractivity contribution in [3.05, 3.63) is 59.0 Å². The van der Waals surface area contributed by atoms with Crippen LogP contribution in [0, 0.1) is 6.92 Å². The van der Waals surface area contributed by atoms with Crippen LogP contribution in [0.25, 0.3) is 16.8 Å². The van der Waals surface area contributed by atoms with Gasteiger partial charge in [0.25, 0.3) is 0 Å². The summed E-state index contributed by atoms with van der Waals surface area (Å²) in [5.74, 6) is 0.215. The molecule has 0 saturated heterocycles. The Morgan fingerprint density at radius 1 is 1.03 bits per heavy atom. The first-order valence-corrected chi connectivity index (χ1v) is 8.93. The SMILES string of the molecule is COc1ncccc1-c1ccc(C(F)(F)F)cc1Oc1nn2c(Cl)nnc2cc1C. The third-order valence-corrected chi connectivity index (χ3v) is 4.51. The zero-order chi connectivity index (χ0) is 21.5. The number of benzene rings is 1. The molecular weight excluding hydrogens is 423 g/mol. The summed E-state index contributed by atoms with van der Waals surface area (Å²) < 4.78 is 52.3. The van der Waals surface area contributed by atoms with E-state index >= 15 is 0 Å². The smallest absolute Gasteiger partial charge is 0.416 e. The highest BCUT2D eigenvalue weighted by Gasteiger charge is 2.32. The predicted octanol–water partition coefficient (Wildman–Crippen LogP) is 4.97. The van der Waals surface area contributed by atoms with Gasteiger partial charge in [0.1, 0.15) is 5.75 Å².